The van der Waals surface area contributed by atoms with Gasteiger partial charge >= 0.3 is 0 Å². The second-order valence-electron chi connectivity index (χ2n) is 4.21. The summed E-state index contributed by atoms with van der Waals surface area (Å²) in [6.07, 6.45) is 1.72. The van der Waals surface area contributed by atoms with E-state index < -0.39 is 0 Å². The van der Waals surface area contributed by atoms with Crippen molar-refractivity contribution in [1.82, 2.24) is 4.98 Å². The van der Waals surface area contributed by atoms with E-state index >= 15 is 0 Å². The SMILES string of the molecule is Nc1ccc(Cl)c2c(Nc3ccccc3)nccc12. The highest BCUT2D eigenvalue weighted by Gasteiger charge is 2.09. The third-order valence-electron chi connectivity index (χ3n) is 2.95. The molecule has 1 aromatic heterocycles. The van der Waals surface area contributed by atoms with Crippen LogP contribution in [0.1, 0.15) is 0 Å². The molecule has 3 rings (SSSR count). The molecule has 3 N–H and O–H groups in total. The van der Waals surface area contributed by atoms with Crippen molar-refractivity contribution in [3.63, 3.8) is 0 Å². The van der Waals surface area contributed by atoms with Crippen molar-refractivity contribution in [2.45, 2.75) is 0 Å². The van der Waals surface area contributed by atoms with Crippen molar-refractivity contribution in [3.05, 3.63) is 59.8 Å². The number of fused-ring (bicyclic) bond motifs is 1. The van der Waals surface area contributed by atoms with Gasteiger partial charge < -0.3 is 11.1 Å². The van der Waals surface area contributed by atoms with Crippen LogP contribution in [0.5, 0.6) is 0 Å². The van der Waals surface area contributed by atoms with Crippen LogP contribution in [-0.4, -0.2) is 4.98 Å². The number of nitrogens with zero attached hydrogens (tertiary/aromatic N) is 1. The summed E-state index contributed by atoms with van der Waals surface area (Å²) < 4.78 is 0. The standard InChI is InChI=1S/C15H12ClN3/c16-12-6-7-13(17)11-8-9-18-15(14(11)12)19-10-4-2-1-3-5-10/h1-9H,17H2,(H,18,19). The average molecular weight is 270 g/mol. The van der Waals surface area contributed by atoms with E-state index in [0.29, 0.717) is 16.5 Å². The first-order valence-electron chi connectivity index (χ1n) is 5.90. The number of nitrogen functional groups attached to an aromatic ring is 1. The van der Waals surface area contributed by atoms with E-state index in [4.69, 9.17) is 17.3 Å². The molecule has 0 amide bonds. The van der Waals surface area contributed by atoms with E-state index in [-0.39, 0.29) is 0 Å². The van der Waals surface area contributed by atoms with Crippen LogP contribution in [-0.2, 0) is 0 Å². The highest BCUT2D eigenvalue weighted by Crippen LogP contribution is 2.33. The van der Waals surface area contributed by atoms with Gasteiger partial charge in [-0.15, -0.1) is 0 Å². The minimum absolute atomic E-state index is 0.635. The fourth-order valence-corrected chi connectivity index (χ4v) is 2.29. The maximum absolute atomic E-state index is 6.26. The summed E-state index contributed by atoms with van der Waals surface area (Å²) in [5.41, 5.74) is 7.62. The van der Waals surface area contributed by atoms with Gasteiger partial charge in [0.1, 0.15) is 5.82 Å². The van der Waals surface area contributed by atoms with Gasteiger partial charge in [0.15, 0.2) is 0 Å². The number of aromatic nitrogens is 1. The monoisotopic (exact) mass is 269 g/mol. The molecule has 19 heavy (non-hydrogen) atoms. The Bertz CT molecular complexity index is 726. The van der Waals surface area contributed by atoms with Crippen molar-refractivity contribution < 1.29 is 0 Å². The van der Waals surface area contributed by atoms with Gasteiger partial charge in [-0.1, -0.05) is 29.8 Å². The van der Waals surface area contributed by atoms with Crippen LogP contribution in [0.25, 0.3) is 10.8 Å². The first-order chi connectivity index (χ1) is 9.25. The van der Waals surface area contributed by atoms with Crippen molar-refractivity contribution in [3.8, 4) is 0 Å². The Morgan fingerprint density at radius 2 is 1.79 bits per heavy atom. The van der Waals surface area contributed by atoms with Crippen LogP contribution < -0.4 is 11.1 Å². The molecule has 0 aliphatic carbocycles. The van der Waals surface area contributed by atoms with Gasteiger partial charge in [-0.2, -0.15) is 0 Å². The van der Waals surface area contributed by atoms with E-state index in [1.807, 2.05) is 36.4 Å². The van der Waals surface area contributed by atoms with E-state index in [9.17, 15) is 0 Å². The minimum atomic E-state index is 0.635. The molecule has 4 heteroatoms. The number of anilines is 3. The summed E-state index contributed by atoms with van der Waals surface area (Å²) in [4.78, 5) is 4.35. The van der Waals surface area contributed by atoms with Gasteiger partial charge in [0.2, 0.25) is 0 Å². The van der Waals surface area contributed by atoms with Crippen LogP contribution in [0.15, 0.2) is 54.7 Å². The molecule has 0 aliphatic heterocycles. The maximum Gasteiger partial charge on any atom is 0.139 e. The number of hydrogen-bond acceptors (Lipinski definition) is 3. The van der Waals surface area contributed by atoms with Crippen molar-refractivity contribution in [1.29, 1.82) is 0 Å². The van der Waals surface area contributed by atoms with E-state index in [1.165, 1.54) is 0 Å². The molecule has 0 fully saturated rings. The molecule has 0 aliphatic rings. The fraction of sp³-hybridized carbons (Fsp3) is 0. The van der Waals surface area contributed by atoms with Crippen molar-refractivity contribution in [2.24, 2.45) is 0 Å². The lowest BCUT2D eigenvalue weighted by molar-refractivity contribution is 1.34. The summed E-state index contributed by atoms with van der Waals surface area (Å²) in [7, 11) is 0. The van der Waals surface area contributed by atoms with Crippen LogP contribution >= 0.6 is 11.6 Å². The summed E-state index contributed by atoms with van der Waals surface area (Å²) in [5.74, 6) is 0.709. The predicted molar refractivity (Wildman–Crippen MR) is 80.9 cm³/mol. The van der Waals surface area contributed by atoms with Crippen molar-refractivity contribution in [2.75, 3.05) is 11.1 Å². The van der Waals surface area contributed by atoms with Crippen LogP contribution in [0.4, 0.5) is 17.2 Å². The van der Waals surface area contributed by atoms with E-state index in [1.54, 1.807) is 18.3 Å². The molecule has 0 bridgehead atoms. The minimum Gasteiger partial charge on any atom is -0.398 e. The molecular formula is C15H12ClN3. The highest BCUT2D eigenvalue weighted by atomic mass is 35.5. The van der Waals surface area contributed by atoms with Crippen LogP contribution in [0, 0.1) is 0 Å². The molecule has 0 saturated heterocycles. The molecule has 0 spiro atoms. The Morgan fingerprint density at radius 3 is 2.58 bits per heavy atom. The Morgan fingerprint density at radius 1 is 1.00 bits per heavy atom. The molecule has 0 radical (unpaired) electrons. The van der Waals surface area contributed by atoms with Gasteiger partial charge in [-0.25, -0.2) is 4.98 Å². The molecule has 0 atom stereocenters. The summed E-state index contributed by atoms with van der Waals surface area (Å²) in [6.45, 7) is 0. The molecule has 3 aromatic rings. The number of rotatable bonds is 2. The zero-order chi connectivity index (χ0) is 13.2. The molecule has 0 saturated carbocycles. The Labute approximate surface area is 116 Å². The number of hydrogen-bond donors (Lipinski definition) is 2. The lowest BCUT2D eigenvalue weighted by Crippen LogP contribution is -1.96. The average Bonchev–Trinajstić information content (AvgIpc) is 2.44. The highest BCUT2D eigenvalue weighted by molar-refractivity contribution is 6.37. The normalized spacial score (nSPS) is 10.6. The van der Waals surface area contributed by atoms with Gasteiger partial charge in [-0.3, -0.25) is 0 Å². The van der Waals surface area contributed by atoms with Gasteiger partial charge in [0, 0.05) is 28.3 Å². The first-order valence-corrected chi connectivity index (χ1v) is 6.28. The number of benzene rings is 2. The Kier molecular flexibility index (Phi) is 2.97. The summed E-state index contributed by atoms with van der Waals surface area (Å²) in [5, 5.41) is 5.64. The lowest BCUT2D eigenvalue weighted by atomic mass is 10.1. The first kappa shape index (κ1) is 11.8. The zero-order valence-corrected chi connectivity index (χ0v) is 10.9. The fourth-order valence-electron chi connectivity index (χ4n) is 2.03. The number of nitrogens with two attached hydrogens (primary N) is 1. The molecule has 0 unspecified atom stereocenters. The zero-order valence-electron chi connectivity index (χ0n) is 10.1. The topological polar surface area (TPSA) is 50.9 Å². The largest absolute Gasteiger partial charge is 0.398 e. The van der Waals surface area contributed by atoms with E-state index in [0.717, 1.165) is 16.5 Å². The second-order valence-corrected chi connectivity index (χ2v) is 4.62. The summed E-state index contributed by atoms with van der Waals surface area (Å²) in [6, 6.07) is 15.3. The predicted octanol–water partition coefficient (Wildman–Crippen LogP) is 4.21. The van der Waals surface area contributed by atoms with Crippen LogP contribution in [0.3, 0.4) is 0 Å². The third-order valence-corrected chi connectivity index (χ3v) is 3.26. The second kappa shape index (κ2) is 4.78. The Balaban J connectivity index is 2.17. The number of halogens is 1. The molecule has 2 aromatic carbocycles. The van der Waals surface area contributed by atoms with Gasteiger partial charge in [0.25, 0.3) is 0 Å². The van der Waals surface area contributed by atoms with Crippen LogP contribution in [0.2, 0.25) is 5.02 Å². The summed E-state index contributed by atoms with van der Waals surface area (Å²) >= 11 is 6.26. The van der Waals surface area contributed by atoms with E-state index in [2.05, 4.69) is 10.3 Å². The quantitative estimate of drug-likeness (QED) is 0.685. The molecule has 94 valence electrons. The number of nitrogens with one attached hydrogen (secondary N) is 1. The van der Waals surface area contributed by atoms with Crippen molar-refractivity contribution >= 4 is 39.6 Å². The molecule has 3 nitrogen and oxygen atoms in total. The molecule has 1 heterocycles. The number of para-hydroxylation sites is 1. The lowest BCUT2D eigenvalue weighted by Gasteiger charge is -2.11. The van der Waals surface area contributed by atoms with Gasteiger partial charge in [-0.05, 0) is 30.3 Å². The molecular weight excluding hydrogens is 258 g/mol. The smallest absolute Gasteiger partial charge is 0.139 e. The number of pyridine rings is 1. The Hall–Kier alpha value is -2.26. The maximum atomic E-state index is 6.26. The van der Waals surface area contributed by atoms with Gasteiger partial charge in [0.05, 0.1) is 5.02 Å². The third kappa shape index (κ3) is 2.20.